The van der Waals surface area contributed by atoms with Gasteiger partial charge in [-0.05, 0) is 31.2 Å². The Bertz CT molecular complexity index is 588. The van der Waals surface area contributed by atoms with Crippen molar-refractivity contribution in [2.45, 2.75) is 6.92 Å². The Hall–Kier alpha value is -1.56. The normalized spacial score (nSPS) is 26.0. The number of hydrogen-bond acceptors (Lipinski definition) is 4. The van der Waals surface area contributed by atoms with Crippen LogP contribution in [-0.2, 0) is 0 Å². The first-order chi connectivity index (χ1) is 12.2. The van der Waals surface area contributed by atoms with E-state index in [0.717, 1.165) is 39.3 Å². The van der Waals surface area contributed by atoms with Crippen LogP contribution in [0.15, 0.2) is 24.3 Å². The van der Waals surface area contributed by atoms with Crippen LogP contribution in [0, 0.1) is 11.8 Å². The number of nitrogens with zero attached hydrogens (tertiary/aromatic N) is 3. The number of likely N-dealkylation sites (tertiary alicyclic amines) is 1. The highest BCUT2D eigenvalue weighted by atomic mass is 32.2. The van der Waals surface area contributed by atoms with Crippen LogP contribution in [0.1, 0.15) is 6.92 Å². The van der Waals surface area contributed by atoms with Gasteiger partial charge in [0.2, 0.25) is 0 Å². The van der Waals surface area contributed by atoms with Crippen LogP contribution in [0.3, 0.4) is 0 Å². The van der Waals surface area contributed by atoms with E-state index in [4.69, 9.17) is 0 Å². The van der Waals surface area contributed by atoms with E-state index < -0.39 is 0 Å². The van der Waals surface area contributed by atoms with E-state index in [1.165, 1.54) is 22.9 Å². The summed E-state index contributed by atoms with van der Waals surface area (Å²) in [4.78, 5) is 19.0. The third kappa shape index (κ3) is 3.54. The van der Waals surface area contributed by atoms with Gasteiger partial charge in [0, 0.05) is 80.5 Å². The quantitative estimate of drug-likeness (QED) is 0.898. The Morgan fingerprint density at radius 2 is 1.56 bits per heavy atom. The van der Waals surface area contributed by atoms with E-state index in [9.17, 15) is 4.79 Å². The number of carbonyl (C=O) groups excluding carboxylic acids is 1. The van der Waals surface area contributed by atoms with Crippen molar-refractivity contribution in [2.75, 3.05) is 67.1 Å². The molecule has 1 aromatic rings. The number of amides is 2. The zero-order chi connectivity index (χ0) is 17.2. The van der Waals surface area contributed by atoms with Crippen molar-refractivity contribution in [3.8, 4) is 0 Å². The largest absolute Gasteiger partial charge is 0.371 e. The fourth-order valence-corrected chi connectivity index (χ4v) is 5.23. The molecular formula is C19H28N4OS. The standard InChI is InChI=1S/C19H28N4OS/c1-2-20-19(24)23-13-15-11-22(12-16(15)14-23)18-5-3-17(4-6-18)21-7-9-25-10-8-21/h3-6,15-16H,2,7-14H2,1H3,(H,20,24)/t15-,16+. The molecule has 0 unspecified atom stereocenters. The molecule has 1 N–H and O–H groups in total. The van der Waals surface area contributed by atoms with Crippen LogP contribution >= 0.6 is 11.8 Å². The maximum Gasteiger partial charge on any atom is 0.317 e. The Morgan fingerprint density at radius 3 is 2.12 bits per heavy atom. The van der Waals surface area contributed by atoms with Crippen LogP contribution in [0.4, 0.5) is 16.2 Å². The summed E-state index contributed by atoms with van der Waals surface area (Å²) < 4.78 is 0. The lowest BCUT2D eigenvalue weighted by atomic mass is 10.0. The molecule has 3 saturated heterocycles. The smallest absolute Gasteiger partial charge is 0.317 e. The van der Waals surface area contributed by atoms with Crippen LogP contribution in [0.25, 0.3) is 0 Å². The van der Waals surface area contributed by atoms with Crippen molar-refractivity contribution in [1.82, 2.24) is 10.2 Å². The molecule has 0 saturated carbocycles. The Morgan fingerprint density at radius 1 is 1.00 bits per heavy atom. The van der Waals surface area contributed by atoms with Gasteiger partial charge in [0.05, 0.1) is 0 Å². The molecule has 25 heavy (non-hydrogen) atoms. The third-order valence-electron chi connectivity index (χ3n) is 5.69. The van der Waals surface area contributed by atoms with Crippen molar-refractivity contribution < 1.29 is 4.79 Å². The van der Waals surface area contributed by atoms with Gasteiger partial charge in [-0.25, -0.2) is 4.79 Å². The first-order valence-corrected chi connectivity index (χ1v) is 10.6. The van der Waals surface area contributed by atoms with Crippen molar-refractivity contribution in [1.29, 1.82) is 0 Å². The monoisotopic (exact) mass is 360 g/mol. The number of hydrogen-bond donors (Lipinski definition) is 1. The van der Waals surface area contributed by atoms with Crippen molar-refractivity contribution in [3.63, 3.8) is 0 Å². The molecule has 3 heterocycles. The summed E-state index contributed by atoms with van der Waals surface area (Å²) in [5.74, 6) is 3.70. The van der Waals surface area contributed by atoms with E-state index in [2.05, 4.69) is 39.4 Å². The summed E-state index contributed by atoms with van der Waals surface area (Å²) >= 11 is 2.05. The maximum absolute atomic E-state index is 12.0. The summed E-state index contributed by atoms with van der Waals surface area (Å²) in [6.07, 6.45) is 0. The van der Waals surface area contributed by atoms with Gasteiger partial charge in [-0.3, -0.25) is 0 Å². The number of benzene rings is 1. The topological polar surface area (TPSA) is 38.8 Å². The third-order valence-corrected chi connectivity index (χ3v) is 6.64. The molecule has 2 amide bonds. The van der Waals surface area contributed by atoms with Gasteiger partial charge in [0.15, 0.2) is 0 Å². The van der Waals surface area contributed by atoms with E-state index in [1.807, 2.05) is 23.6 Å². The second-order valence-electron chi connectivity index (χ2n) is 7.28. The molecule has 0 radical (unpaired) electrons. The van der Waals surface area contributed by atoms with Gasteiger partial charge < -0.3 is 20.0 Å². The minimum absolute atomic E-state index is 0.104. The lowest BCUT2D eigenvalue weighted by molar-refractivity contribution is 0.206. The molecule has 0 aliphatic carbocycles. The highest BCUT2D eigenvalue weighted by Gasteiger charge is 2.41. The summed E-state index contributed by atoms with van der Waals surface area (Å²) in [7, 11) is 0. The van der Waals surface area contributed by atoms with Crippen LogP contribution in [0.5, 0.6) is 0 Å². The number of carbonyl (C=O) groups is 1. The number of nitrogens with one attached hydrogen (secondary N) is 1. The first kappa shape index (κ1) is 16.9. The molecule has 3 fully saturated rings. The minimum Gasteiger partial charge on any atom is -0.371 e. The molecule has 6 heteroatoms. The molecule has 0 aromatic heterocycles. The van der Waals surface area contributed by atoms with Gasteiger partial charge in [-0.2, -0.15) is 11.8 Å². The zero-order valence-corrected chi connectivity index (χ0v) is 15.8. The lowest BCUT2D eigenvalue weighted by Gasteiger charge is -2.29. The zero-order valence-electron chi connectivity index (χ0n) is 15.0. The number of rotatable bonds is 3. The Balaban J connectivity index is 1.35. The van der Waals surface area contributed by atoms with Crippen molar-refractivity contribution >= 4 is 29.2 Å². The molecule has 2 atom stereocenters. The molecule has 0 spiro atoms. The molecule has 3 aliphatic rings. The highest BCUT2D eigenvalue weighted by molar-refractivity contribution is 7.99. The first-order valence-electron chi connectivity index (χ1n) is 9.45. The SMILES string of the molecule is CCNC(=O)N1C[C@@H]2CN(c3ccc(N4CCSCC4)cc3)C[C@@H]2C1. The average molecular weight is 361 g/mol. The number of urea groups is 1. The summed E-state index contributed by atoms with van der Waals surface area (Å²) in [6.45, 7) is 8.94. The molecule has 1 aromatic carbocycles. The van der Waals surface area contributed by atoms with Crippen LogP contribution in [0.2, 0.25) is 0 Å². The predicted octanol–water partition coefficient (Wildman–Crippen LogP) is 2.34. The molecule has 3 aliphatic heterocycles. The number of anilines is 2. The fourth-order valence-electron chi connectivity index (χ4n) is 4.33. The Kier molecular flexibility index (Phi) is 4.97. The number of thioether (sulfide) groups is 1. The average Bonchev–Trinajstić information content (AvgIpc) is 3.22. The fraction of sp³-hybridized carbons (Fsp3) is 0.632. The van der Waals surface area contributed by atoms with Gasteiger partial charge >= 0.3 is 6.03 Å². The van der Waals surface area contributed by atoms with E-state index in [0.29, 0.717) is 18.4 Å². The summed E-state index contributed by atoms with van der Waals surface area (Å²) in [6, 6.07) is 9.22. The van der Waals surface area contributed by atoms with Crippen LogP contribution < -0.4 is 15.1 Å². The van der Waals surface area contributed by atoms with Gasteiger partial charge in [-0.1, -0.05) is 0 Å². The van der Waals surface area contributed by atoms with Crippen LogP contribution in [-0.4, -0.2) is 68.3 Å². The lowest BCUT2D eigenvalue weighted by Crippen LogP contribution is -2.40. The molecule has 5 nitrogen and oxygen atoms in total. The minimum atomic E-state index is 0.104. The Labute approximate surface area is 154 Å². The molecule has 0 bridgehead atoms. The van der Waals surface area contributed by atoms with E-state index in [-0.39, 0.29) is 6.03 Å². The molecule has 136 valence electrons. The maximum atomic E-state index is 12.0. The van der Waals surface area contributed by atoms with E-state index in [1.54, 1.807) is 0 Å². The van der Waals surface area contributed by atoms with Crippen molar-refractivity contribution in [2.24, 2.45) is 11.8 Å². The summed E-state index contributed by atoms with van der Waals surface area (Å²) in [5, 5.41) is 2.92. The summed E-state index contributed by atoms with van der Waals surface area (Å²) in [5.41, 5.74) is 2.68. The second-order valence-corrected chi connectivity index (χ2v) is 8.51. The highest BCUT2D eigenvalue weighted by Crippen LogP contribution is 2.34. The molecule has 4 rings (SSSR count). The second kappa shape index (κ2) is 7.36. The van der Waals surface area contributed by atoms with Gasteiger partial charge in [-0.15, -0.1) is 0 Å². The van der Waals surface area contributed by atoms with Gasteiger partial charge in [0.1, 0.15) is 0 Å². The predicted molar refractivity (Wildman–Crippen MR) is 106 cm³/mol. The van der Waals surface area contributed by atoms with Gasteiger partial charge in [0.25, 0.3) is 0 Å². The van der Waals surface area contributed by atoms with E-state index >= 15 is 0 Å². The molecular weight excluding hydrogens is 332 g/mol. The van der Waals surface area contributed by atoms with Crippen molar-refractivity contribution in [3.05, 3.63) is 24.3 Å². The number of fused-ring (bicyclic) bond motifs is 1.